The fraction of sp³-hybridized carbons (Fsp3) is 0.600. The number of rotatable bonds is 3. The minimum atomic E-state index is -1.43. The van der Waals surface area contributed by atoms with Crippen LogP contribution >= 0.6 is 0 Å². The molecule has 2 unspecified atom stereocenters. The molecule has 1 saturated heterocycles. The van der Waals surface area contributed by atoms with E-state index >= 15 is 0 Å². The minimum absolute atomic E-state index is 0.112. The number of nitrogens with zero attached hydrogens (tertiary/aromatic N) is 2. The third kappa shape index (κ3) is 2.16. The molecule has 0 spiro atoms. The summed E-state index contributed by atoms with van der Waals surface area (Å²) in [7, 11) is 2.72. The van der Waals surface area contributed by atoms with Gasteiger partial charge in [0.05, 0.1) is 11.5 Å². The SMILES string of the molecule is CN1C(=O)C=C(NC2(C3C(=O)N(C)C(=O)C3O)CCCC2)C1=O. The molecule has 4 amide bonds. The molecule has 0 bridgehead atoms. The highest BCUT2D eigenvalue weighted by Crippen LogP contribution is 2.42. The summed E-state index contributed by atoms with van der Waals surface area (Å²) < 4.78 is 0. The van der Waals surface area contributed by atoms with Crippen LogP contribution in [0.15, 0.2) is 11.8 Å². The first kappa shape index (κ1) is 15.7. The molecule has 1 saturated carbocycles. The highest BCUT2D eigenvalue weighted by atomic mass is 16.3. The van der Waals surface area contributed by atoms with Crippen LogP contribution in [-0.4, -0.2) is 64.3 Å². The number of hydrogen-bond donors (Lipinski definition) is 2. The Balaban J connectivity index is 1.94. The molecule has 0 aromatic heterocycles. The minimum Gasteiger partial charge on any atom is -0.382 e. The normalized spacial score (nSPS) is 30.5. The topological polar surface area (TPSA) is 107 Å². The fourth-order valence-electron chi connectivity index (χ4n) is 3.77. The lowest BCUT2D eigenvalue weighted by Gasteiger charge is -2.37. The Labute approximate surface area is 133 Å². The van der Waals surface area contributed by atoms with Gasteiger partial charge in [-0.25, -0.2) is 0 Å². The molecule has 2 aliphatic heterocycles. The van der Waals surface area contributed by atoms with Gasteiger partial charge in [0.1, 0.15) is 11.8 Å². The van der Waals surface area contributed by atoms with E-state index in [2.05, 4.69) is 5.32 Å². The number of nitrogens with one attached hydrogen (secondary N) is 1. The predicted molar refractivity (Wildman–Crippen MR) is 77.5 cm³/mol. The molecule has 23 heavy (non-hydrogen) atoms. The largest absolute Gasteiger partial charge is 0.382 e. The quantitative estimate of drug-likeness (QED) is 0.629. The molecule has 8 nitrogen and oxygen atoms in total. The zero-order chi connectivity index (χ0) is 16.9. The summed E-state index contributed by atoms with van der Waals surface area (Å²) >= 11 is 0. The number of amides is 4. The van der Waals surface area contributed by atoms with E-state index in [-0.39, 0.29) is 5.70 Å². The van der Waals surface area contributed by atoms with Crippen LogP contribution in [0.5, 0.6) is 0 Å². The Bertz CT molecular complexity index is 635. The number of imide groups is 2. The van der Waals surface area contributed by atoms with E-state index in [4.69, 9.17) is 0 Å². The molecule has 8 heteroatoms. The third-order valence-electron chi connectivity index (χ3n) is 5.10. The molecule has 2 N–H and O–H groups in total. The zero-order valence-corrected chi connectivity index (χ0v) is 13.0. The van der Waals surface area contributed by atoms with Crippen LogP contribution in [0.25, 0.3) is 0 Å². The predicted octanol–water partition coefficient (Wildman–Crippen LogP) is -1.25. The Morgan fingerprint density at radius 2 is 1.70 bits per heavy atom. The third-order valence-corrected chi connectivity index (χ3v) is 5.10. The van der Waals surface area contributed by atoms with Crippen molar-refractivity contribution in [3.63, 3.8) is 0 Å². The van der Waals surface area contributed by atoms with Crippen LogP contribution in [0.1, 0.15) is 25.7 Å². The summed E-state index contributed by atoms with van der Waals surface area (Å²) in [5.41, 5.74) is -0.773. The number of carbonyl (C=O) groups excluding carboxylic acids is 4. The van der Waals surface area contributed by atoms with E-state index in [1.807, 2.05) is 0 Å². The van der Waals surface area contributed by atoms with Gasteiger partial charge in [0, 0.05) is 20.2 Å². The monoisotopic (exact) mass is 321 g/mol. The van der Waals surface area contributed by atoms with Crippen LogP contribution in [0.3, 0.4) is 0 Å². The van der Waals surface area contributed by atoms with Gasteiger partial charge in [-0.1, -0.05) is 12.8 Å². The smallest absolute Gasteiger partial charge is 0.276 e. The molecule has 0 aromatic rings. The summed E-state index contributed by atoms with van der Waals surface area (Å²) in [6.07, 6.45) is 2.48. The summed E-state index contributed by atoms with van der Waals surface area (Å²) in [4.78, 5) is 50.0. The van der Waals surface area contributed by atoms with Gasteiger partial charge in [0.2, 0.25) is 5.91 Å². The average Bonchev–Trinajstić information content (AvgIpc) is 3.12. The maximum atomic E-state index is 12.4. The lowest BCUT2D eigenvalue weighted by molar-refractivity contribution is -0.140. The van der Waals surface area contributed by atoms with Crippen molar-refractivity contribution < 1.29 is 24.3 Å². The first-order valence-electron chi connectivity index (χ1n) is 7.60. The van der Waals surface area contributed by atoms with Crippen molar-refractivity contribution in [3.8, 4) is 0 Å². The van der Waals surface area contributed by atoms with Crippen molar-refractivity contribution in [1.82, 2.24) is 15.1 Å². The number of likely N-dealkylation sites (tertiary alicyclic amines) is 1. The van der Waals surface area contributed by atoms with Gasteiger partial charge in [-0.2, -0.15) is 0 Å². The summed E-state index contributed by atoms with van der Waals surface area (Å²) in [6.45, 7) is 0. The maximum absolute atomic E-state index is 12.4. The number of carbonyl (C=O) groups is 4. The first-order chi connectivity index (χ1) is 10.8. The van der Waals surface area contributed by atoms with Crippen molar-refractivity contribution in [1.29, 1.82) is 0 Å². The molecule has 2 heterocycles. The van der Waals surface area contributed by atoms with Gasteiger partial charge < -0.3 is 10.4 Å². The van der Waals surface area contributed by atoms with Crippen LogP contribution < -0.4 is 5.32 Å². The van der Waals surface area contributed by atoms with Crippen LogP contribution in [0, 0.1) is 5.92 Å². The standard InChI is InChI=1S/C15H19N3O5/c1-17-9(19)7-8(12(17)21)16-15(5-3-4-6-15)10-11(20)14(23)18(2)13(10)22/h7,10-11,16,20H,3-6H2,1-2H3. The van der Waals surface area contributed by atoms with Crippen molar-refractivity contribution in [2.45, 2.75) is 37.3 Å². The molecule has 124 valence electrons. The molecular weight excluding hydrogens is 302 g/mol. The van der Waals surface area contributed by atoms with E-state index < -0.39 is 41.2 Å². The van der Waals surface area contributed by atoms with E-state index in [9.17, 15) is 24.3 Å². The number of aliphatic hydroxyl groups is 1. The molecule has 0 radical (unpaired) electrons. The molecule has 2 atom stereocenters. The van der Waals surface area contributed by atoms with Crippen LogP contribution in [-0.2, 0) is 19.2 Å². The molecule has 3 aliphatic rings. The fourth-order valence-corrected chi connectivity index (χ4v) is 3.77. The number of aliphatic hydroxyl groups excluding tert-OH is 1. The van der Waals surface area contributed by atoms with Gasteiger partial charge in [0.15, 0.2) is 0 Å². The highest BCUT2D eigenvalue weighted by Gasteiger charge is 2.57. The second-order valence-electron chi connectivity index (χ2n) is 6.41. The Morgan fingerprint density at radius 1 is 1.09 bits per heavy atom. The maximum Gasteiger partial charge on any atom is 0.276 e. The highest BCUT2D eigenvalue weighted by molar-refractivity contribution is 6.15. The van der Waals surface area contributed by atoms with E-state index in [0.717, 1.165) is 22.6 Å². The first-order valence-corrected chi connectivity index (χ1v) is 7.60. The summed E-state index contributed by atoms with van der Waals surface area (Å²) in [5, 5.41) is 13.3. The lowest BCUT2D eigenvalue weighted by atomic mass is 9.79. The molecular formula is C15H19N3O5. The Hall–Kier alpha value is -2.22. The summed E-state index contributed by atoms with van der Waals surface area (Å²) in [5.74, 6) is -2.94. The van der Waals surface area contributed by atoms with Gasteiger partial charge in [0.25, 0.3) is 17.7 Å². The van der Waals surface area contributed by atoms with Crippen molar-refractivity contribution in [3.05, 3.63) is 11.8 Å². The van der Waals surface area contributed by atoms with Gasteiger partial charge in [-0.05, 0) is 12.8 Å². The zero-order valence-electron chi connectivity index (χ0n) is 13.0. The van der Waals surface area contributed by atoms with Crippen molar-refractivity contribution in [2.75, 3.05) is 14.1 Å². The van der Waals surface area contributed by atoms with E-state index in [1.54, 1.807) is 0 Å². The van der Waals surface area contributed by atoms with Gasteiger partial charge >= 0.3 is 0 Å². The molecule has 1 aliphatic carbocycles. The molecule has 0 aromatic carbocycles. The second kappa shape index (κ2) is 5.16. The van der Waals surface area contributed by atoms with Gasteiger partial charge in [-0.3, -0.25) is 29.0 Å². The van der Waals surface area contributed by atoms with E-state index in [1.165, 1.54) is 20.2 Å². The number of hydrogen-bond acceptors (Lipinski definition) is 6. The lowest BCUT2D eigenvalue weighted by Crippen LogP contribution is -2.55. The van der Waals surface area contributed by atoms with E-state index in [0.29, 0.717) is 12.8 Å². The molecule has 3 rings (SSSR count). The van der Waals surface area contributed by atoms with Crippen LogP contribution in [0.4, 0.5) is 0 Å². The van der Waals surface area contributed by atoms with Crippen molar-refractivity contribution in [2.24, 2.45) is 5.92 Å². The number of likely N-dealkylation sites (N-methyl/N-ethyl adjacent to an activating group) is 2. The average molecular weight is 321 g/mol. The van der Waals surface area contributed by atoms with Gasteiger partial charge in [-0.15, -0.1) is 0 Å². The molecule has 2 fully saturated rings. The van der Waals surface area contributed by atoms with Crippen LogP contribution in [0.2, 0.25) is 0 Å². The Morgan fingerprint density at radius 3 is 2.13 bits per heavy atom. The summed E-state index contributed by atoms with van der Waals surface area (Å²) in [6, 6.07) is 0. The van der Waals surface area contributed by atoms with Crippen molar-refractivity contribution >= 4 is 23.6 Å². The second-order valence-corrected chi connectivity index (χ2v) is 6.41. The Kier molecular flexibility index (Phi) is 3.51.